The molecule has 70 heavy (non-hydrogen) atoms. The van der Waals surface area contributed by atoms with Gasteiger partial charge in [0, 0.05) is 39.5 Å². The normalized spacial score (nSPS) is 23.8. The van der Waals surface area contributed by atoms with Gasteiger partial charge in [0.1, 0.15) is 0 Å². The Balaban J connectivity index is 0.947. The van der Waals surface area contributed by atoms with Gasteiger partial charge in [-0.2, -0.15) is 0 Å². The van der Waals surface area contributed by atoms with Crippen LogP contribution >= 0.6 is 0 Å². The smallest absolute Gasteiger partial charge is 0.0727 e. The van der Waals surface area contributed by atoms with Gasteiger partial charge in [-0.25, -0.2) is 0 Å². The summed E-state index contributed by atoms with van der Waals surface area (Å²) in [6.07, 6.45) is 5.90. The van der Waals surface area contributed by atoms with E-state index in [1.165, 1.54) is 62.1 Å². The molecule has 0 N–H and O–H groups in total. The lowest BCUT2D eigenvalue weighted by molar-refractivity contribution is -0.00276. The van der Waals surface area contributed by atoms with Crippen LogP contribution in [0.1, 0.15) is 96.3 Å². The standard InChI is InChI=1S/C68H56N2/c1-67(2)60-25-12-9-22-54(60)57-31-28-51(40-63(57)67)70(49-19-7-4-8-20-49)53-30-33-59-56-24-11-14-27-62(56)68(65(59)42-53)61-26-13-10-23-55(61)58-32-29-52(41-64(58)68)69(48-17-5-3-6-18-48)50-21-15-16-45(39-50)66-46-35-43-34-44(37-46)38-47(66)36-43/h3-33,39-44,46-47,66H,34-38H2,1-2H3/i15D,16D,21D,39D. The van der Waals surface area contributed by atoms with Crippen molar-refractivity contribution in [2.45, 2.75) is 62.7 Å². The molecule has 0 saturated heterocycles. The molecule has 4 saturated carbocycles. The molecule has 338 valence electrons. The second kappa shape index (κ2) is 15.0. The molecular formula is C68H56N2. The Hall–Kier alpha value is -7.42. The summed E-state index contributed by atoms with van der Waals surface area (Å²) < 4.78 is 39.0. The van der Waals surface area contributed by atoms with Crippen molar-refractivity contribution in [2.24, 2.45) is 23.7 Å². The van der Waals surface area contributed by atoms with Gasteiger partial charge in [-0.05, 0) is 207 Å². The molecule has 1 unspecified atom stereocenters. The van der Waals surface area contributed by atoms with E-state index in [0.29, 0.717) is 23.1 Å². The first-order chi connectivity index (χ1) is 36.1. The Morgan fingerprint density at radius 1 is 0.386 bits per heavy atom. The largest absolute Gasteiger partial charge is 0.310 e. The number of para-hydroxylation sites is 2. The fraction of sp³-hybridized carbons (Fsp3) is 0.206. The number of benzene rings is 9. The molecule has 16 rings (SSSR count). The summed E-state index contributed by atoms with van der Waals surface area (Å²) in [5, 5.41) is 0. The summed E-state index contributed by atoms with van der Waals surface area (Å²) in [5.41, 5.74) is 19.9. The minimum Gasteiger partial charge on any atom is -0.310 e. The number of fused-ring (bicyclic) bond motifs is 13. The molecule has 0 aliphatic heterocycles. The predicted octanol–water partition coefficient (Wildman–Crippen LogP) is 17.8. The Labute approximate surface area is 418 Å². The van der Waals surface area contributed by atoms with E-state index < -0.39 is 5.41 Å². The van der Waals surface area contributed by atoms with Crippen LogP contribution in [0.4, 0.5) is 34.1 Å². The second-order valence-corrected chi connectivity index (χ2v) is 21.8. The zero-order chi connectivity index (χ0) is 49.8. The highest BCUT2D eigenvalue weighted by Gasteiger charge is 2.53. The Kier molecular flexibility index (Phi) is 7.85. The maximum absolute atomic E-state index is 10.3. The lowest BCUT2D eigenvalue weighted by atomic mass is 9.51. The van der Waals surface area contributed by atoms with Crippen molar-refractivity contribution in [1.29, 1.82) is 0 Å². The molecule has 2 nitrogen and oxygen atoms in total. The van der Waals surface area contributed by atoms with Crippen LogP contribution in [0.5, 0.6) is 0 Å². The van der Waals surface area contributed by atoms with Crippen molar-refractivity contribution in [2.75, 3.05) is 9.80 Å². The van der Waals surface area contributed by atoms with Crippen LogP contribution in [0.25, 0.3) is 33.4 Å². The number of hydrogen-bond donors (Lipinski definition) is 0. The molecule has 0 radical (unpaired) electrons. The molecule has 1 atom stereocenters. The van der Waals surface area contributed by atoms with Gasteiger partial charge in [0.2, 0.25) is 0 Å². The highest BCUT2D eigenvalue weighted by Crippen LogP contribution is 2.65. The van der Waals surface area contributed by atoms with Crippen LogP contribution < -0.4 is 9.80 Å². The van der Waals surface area contributed by atoms with Crippen molar-refractivity contribution in [3.05, 3.63) is 251 Å². The van der Waals surface area contributed by atoms with E-state index in [1.54, 1.807) is 0 Å². The maximum atomic E-state index is 10.3. The zero-order valence-corrected chi connectivity index (χ0v) is 39.7. The van der Waals surface area contributed by atoms with Gasteiger partial charge in [0.25, 0.3) is 0 Å². The van der Waals surface area contributed by atoms with E-state index in [-0.39, 0.29) is 35.5 Å². The fourth-order valence-electron chi connectivity index (χ4n) is 15.3. The van der Waals surface area contributed by atoms with Gasteiger partial charge in [-0.1, -0.05) is 153 Å². The number of rotatable bonds is 7. The van der Waals surface area contributed by atoms with Gasteiger partial charge >= 0.3 is 0 Å². The first kappa shape index (κ1) is 36.5. The third-order valence-electron chi connectivity index (χ3n) is 17.8. The molecule has 1 spiro atoms. The monoisotopic (exact) mass is 904 g/mol. The van der Waals surface area contributed by atoms with Gasteiger partial charge < -0.3 is 9.80 Å². The number of anilines is 6. The van der Waals surface area contributed by atoms with Crippen molar-refractivity contribution in [3.8, 4) is 33.4 Å². The number of hydrogen-bond acceptors (Lipinski definition) is 2. The highest BCUT2D eigenvalue weighted by atomic mass is 15.1. The van der Waals surface area contributed by atoms with Gasteiger partial charge in [-0.15, -0.1) is 0 Å². The predicted molar refractivity (Wildman–Crippen MR) is 289 cm³/mol. The molecule has 9 aromatic rings. The van der Waals surface area contributed by atoms with Gasteiger partial charge in [0.05, 0.1) is 10.9 Å². The fourth-order valence-corrected chi connectivity index (χ4v) is 15.3. The average Bonchev–Trinajstić information content (AvgIpc) is 3.99. The quantitative estimate of drug-likeness (QED) is 0.157. The summed E-state index contributed by atoms with van der Waals surface area (Å²) in [7, 11) is 0. The van der Waals surface area contributed by atoms with E-state index in [9.17, 15) is 5.48 Å². The summed E-state index contributed by atoms with van der Waals surface area (Å²) in [6.45, 7) is 4.70. The van der Waals surface area contributed by atoms with Crippen LogP contribution in [0, 0.1) is 23.7 Å². The van der Waals surface area contributed by atoms with Crippen molar-refractivity contribution in [1.82, 2.24) is 0 Å². The molecule has 7 aliphatic carbocycles. The highest BCUT2D eigenvalue weighted by molar-refractivity contribution is 5.98. The first-order valence-electron chi connectivity index (χ1n) is 27.6. The molecule has 7 aliphatic rings. The summed E-state index contributed by atoms with van der Waals surface area (Å²) >= 11 is 0. The molecule has 4 fully saturated rings. The molecule has 2 heteroatoms. The van der Waals surface area contributed by atoms with E-state index in [0.717, 1.165) is 77.1 Å². The lowest BCUT2D eigenvalue weighted by Crippen LogP contribution is -2.43. The Bertz CT molecular complexity index is 3770. The van der Waals surface area contributed by atoms with E-state index in [4.69, 9.17) is 0 Å². The van der Waals surface area contributed by atoms with Gasteiger partial charge in [-0.3, -0.25) is 0 Å². The van der Waals surface area contributed by atoms with Crippen LogP contribution in [0.3, 0.4) is 0 Å². The van der Waals surface area contributed by atoms with Crippen molar-refractivity contribution < 1.29 is 5.48 Å². The third-order valence-corrected chi connectivity index (χ3v) is 17.8. The Morgan fingerprint density at radius 3 is 1.33 bits per heavy atom. The van der Waals surface area contributed by atoms with Crippen LogP contribution in [-0.2, 0) is 10.8 Å². The average molecular weight is 905 g/mol. The third kappa shape index (κ3) is 5.68. The maximum Gasteiger partial charge on any atom is 0.0727 e. The molecule has 4 bridgehead atoms. The van der Waals surface area contributed by atoms with Gasteiger partial charge in [0.15, 0.2) is 0 Å². The van der Waals surface area contributed by atoms with Crippen LogP contribution in [0.15, 0.2) is 212 Å². The van der Waals surface area contributed by atoms with E-state index in [1.807, 2.05) is 18.2 Å². The molecule has 0 aromatic heterocycles. The van der Waals surface area contributed by atoms with Crippen molar-refractivity contribution in [3.63, 3.8) is 0 Å². The summed E-state index contributed by atoms with van der Waals surface area (Å²) in [4.78, 5) is 4.49. The second-order valence-electron chi connectivity index (χ2n) is 21.8. The molecule has 0 amide bonds. The minimum atomic E-state index is -0.721. The number of nitrogens with zero attached hydrogens (tertiary/aromatic N) is 2. The van der Waals surface area contributed by atoms with E-state index >= 15 is 0 Å². The van der Waals surface area contributed by atoms with Crippen LogP contribution in [-0.4, -0.2) is 0 Å². The molecular weight excluding hydrogens is 845 g/mol. The topological polar surface area (TPSA) is 6.48 Å². The lowest BCUT2D eigenvalue weighted by Gasteiger charge is -2.54. The Morgan fingerprint density at radius 2 is 0.800 bits per heavy atom. The van der Waals surface area contributed by atoms with Crippen LogP contribution in [0.2, 0.25) is 0 Å². The first-order valence-corrected chi connectivity index (χ1v) is 25.6. The summed E-state index contributed by atoms with van der Waals surface area (Å²) in [6, 6.07) is 68.6. The van der Waals surface area contributed by atoms with Crippen molar-refractivity contribution >= 4 is 34.1 Å². The molecule has 0 heterocycles. The summed E-state index contributed by atoms with van der Waals surface area (Å²) in [5.74, 6) is 2.38. The minimum absolute atomic E-state index is 0.0670. The SMILES string of the molecule is [2H]c1c([2H])c(C2C3CC4CC(C3)CC2C4)c([2H])c(N(c2ccccc2)c2ccc3c(c2)C2(c4ccccc4-c4ccc(N(c5ccccc5)c5ccc6c(c5)C(C)(C)c5ccccc5-6)cc42)c2ccccc2-3)c1[2H]. The molecule has 9 aromatic carbocycles. The van der Waals surface area contributed by atoms with E-state index in [2.05, 4.69) is 194 Å². The zero-order valence-electron chi connectivity index (χ0n) is 43.7.